The highest BCUT2D eigenvalue weighted by molar-refractivity contribution is 9.09. The maximum atomic E-state index is 12.5. The van der Waals surface area contributed by atoms with E-state index < -0.39 is 64.6 Å². The summed E-state index contributed by atoms with van der Waals surface area (Å²) in [5.74, 6) is -3.52. The zero-order valence-electron chi connectivity index (χ0n) is 67.0. The molecule has 7 N–H and O–H groups in total. The lowest BCUT2D eigenvalue weighted by Crippen LogP contribution is -2.28. The van der Waals surface area contributed by atoms with Gasteiger partial charge >= 0.3 is 53.8 Å². The van der Waals surface area contributed by atoms with E-state index in [2.05, 4.69) is 130 Å². The predicted octanol–water partition coefficient (Wildman–Crippen LogP) is 12.9. The number of unbranched alkanes of at least 4 members (excludes halogenated alkanes) is 2. The minimum atomic E-state index is -1.27. The Kier molecular flexibility index (Phi) is 48.4. The van der Waals surface area contributed by atoms with Gasteiger partial charge in [0.15, 0.2) is 39.9 Å². The maximum Gasteiger partial charge on any atom is 0.414 e. The van der Waals surface area contributed by atoms with E-state index in [1.807, 2.05) is 34.0 Å². The number of nitrogens with one attached hydrogen (secondary N) is 1. The largest absolute Gasteiger partial charge is 0.476 e. The molecule has 0 bridgehead atoms. The Morgan fingerprint density at radius 1 is 0.546 bits per heavy atom. The number of alkyl halides is 2. The van der Waals surface area contributed by atoms with Crippen molar-refractivity contribution < 1.29 is 124 Å². The molecule has 3 saturated heterocycles. The van der Waals surface area contributed by atoms with Crippen molar-refractivity contribution in [2.24, 2.45) is 5.16 Å². The summed E-state index contributed by atoms with van der Waals surface area (Å²) < 4.78 is 59.0. The van der Waals surface area contributed by atoms with Crippen molar-refractivity contribution in [2.45, 2.75) is 151 Å². The fourth-order valence-corrected chi connectivity index (χ4v) is 10.5. The summed E-state index contributed by atoms with van der Waals surface area (Å²) in [4.78, 5) is 115. The van der Waals surface area contributed by atoms with Crippen LogP contribution in [0.5, 0.6) is 0 Å². The molecule has 8 aromatic rings. The molecule has 11 rings (SSSR count). The molecule has 10 heterocycles. The third-order valence-corrected chi connectivity index (χ3v) is 16.3. The molecule has 3 aliphatic rings. The van der Waals surface area contributed by atoms with Gasteiger partial charge in [-0.1, -0.05) is 116 Å². The summed E-state index contributed by atoms with van der Waals surface area (Å²) in [5.41, 5.74) is 7.19. The van der Waals surface area contributed by atoms with Gasteiger partial charge in [-0.15, -0.1) is 6.42 Å². The Morgan fingerprint density at radius 2 is 0.958 bits per heavy atom. The lowest BCUT2D eigenvalue weighted by molar-refractivity contribution is -0.135. The number of terminal acetylenes is 1. The standard InChI is InChI=1S/C20H22N4O2.C11H16N2O5.C11H16N2O3.C9H12N2O3.C7H7NO5.C6H8N2O3.C5H10Br2.C4H6ClNO3.C3H2O2/c25-19(18-12-20(26-22-18)23-9-5-2-6-10-23)11-17-13-21-24(15-17)14-16-7-3-1-4-8-16;1-5-16-9(14)7-6-8(18-13-7)12-10(15)17-11(2,3)4;1-2-15-11(14)9-8-10(16-12-9)13-6-4-3-5-7-13;12-9(13)7-6-8(14-10-7)11-4-2-1-3-5-11;1-2-12-7(11)4-3-5(6(9)10)13-8-4;1-2-10-6(9)4-3-5(7)11-8-4;6-4-2-1-3-5-7;1-2-9-4(7)3(5)6-8;1-2-3(4)5/h1,3-4,7-8,12-13,15H,2,5-6,9-11,14H2;6H,5H2,1-4H3,(H,12,15);8H,2-7H2,1H3;6H,1-5H2,(H,12,13);3H,2H2,1H3,(H,9,10);3H,2,7H2,1H3;1-5H2;8H,2H2,1H3;1H,(H,4,5)/b;;;;;;;6-3-;. The van der Waals surface area contributed by atoms with Crippen LogP contribution in [0, 0.1) is 12.3 Å². The second-order valence-electron chi connectivity index (χ2n) is 25.3. The number of Topliss-reactive ketones (excluding diaryl/α,β-unsaturated/α-hetero) is 1. The number of anilines is 5. The minimum absolute atomic E-state index is 0.0112. The molecular formula is C76H99Br2ClN14O26. The van der Waals surface area contributed by atoms with Crippen LogP contribution in [0.15, 0.2) is 111 Å². The van der Waals surface area contributed by atoms with Crippen molar-refractivity contribution in [2.75, 3.05) is 109 Å². The lowest BCUT2D eigenvalue weighted by atomic mass is 10.1. The molecule has 3 fully saturated rings. The number of ether oxygens (including phenoxy) is 6. The second-order valence-corrected chi connectivity index (χ2v) is 27.3. The Balaban J connectivity index is 0.000000358. The molecule has 0 unspecified atom stereocenters. The number of aromatic nitrogens is 8. The van der Waals surface area contributed by atoms with Gasteiger partial charge < -0.3 is 96.5 Å². The van der Waals surface area contributed by atoms with E-state index in [1.165, 1.54) is 68.2 Å². The monoisotopic (exact) mass is 1820 g/mol. The number of oxime groups is 1. The highest BCUT2D eigenvalue weighted by Gasteiger charge is 2.25. The first-order valence-electron chi connectivity index (χ1n) is 37.4. The average Bonchev–Trinajstić information content (AvgIpc) is 1.73. The summed E-state index contributed by atoms with van der Waals surface area (Å²) in [6.07, 6.45) is 22.2. The molecule has 0 aliphatic carbocycles. The number of nitrogens with two attached hydrogens (primary N) is 1. The molecule has 650 valence electrons. The number of nitrogens with zero attached hydrogens (tertiary/aromatic N) is 12. The van der Waals surface area contributed by atoms with E-state index in [-0.39, 0.29) is 78.0 Å². The average molecular weight is 1820 g/mol. The summed E-state index contributed by atoms with van der Waals surface area (Å²) in [6, 6.07) is 18.6. The highest BCUT2D eigenvalue weighted by atomic mass is 79.9. The summed E-state index contributed by atoms with van der Waals surface area (Å²) in [6.45, 7) is 21.3. The van der Waals surface area contributed by atoms with Crippen LogP contribution in [0.1, 0.15) is 217 Å². The van der Waals surface area contributed by atoms with Crippen LogP contribution in [0.2, 0.25) is 0 Å². The van der Waals surface area contributed by atoms with E-state index in [4.69, 9.17) is 75.0 Å². The van der Waals surface area contributed by atoms with E-state index in [9.17, 15) is 43.2 Å². The highest BCUT2D eigenvalue weighted by Crippen LogP contribution is 2.25. The first-order valence-corrected chi connectivity index (χ1v) is 40.0. The van der Waals surface area contributed by atoms with Crippen LogP contribution >= 0.6 is 43.5 Å². The van der Waals surface area contributed by atoms with Gasteiger partial charge in [0.05, 0.1) is 45.8 Å². The predicted molar refractivity (Wildman–Crippen MR) is 435 cm³/mol. The Morgan fingerprint density at radius 3 is 1.36 bits per heavy atom. The maximum absolute atomic E-state index is 12.5. The number of hydrogen-bond donors (Lipinski definition) is 6. The van der Waals surface area contributed by atoms with Crippen LogP contribution in [-0.2, 0) is 51.0 Å². The smallest absolute Gasteiger partial charge is 0.414 e. The molecular weight excluding hydrogens is 1720 g/mol. The van der Waals surface area contributed by atoms with Gasteiger partial charge in [0.2, 0.25) is 35.2 Å². The van der Waals surface area contributed by atoms with Gasteiger partial charge in [0, 0.05) is 105 Å². The van der Waals surface area contributed by atoms with Crippen molar-refractivity contribution >= 4 is 138 Å². The van der Waals surface area contributed by atoms with Gasteiger partial charge in [0.25, 0.3) is 5.17 Å². The van der Waals surface area contributed by atoms with Crippen molar-refractivity contribution in [3.63, 3.8) is 0 Å². The quantitative estimate of drug-likeness (QED) is 0.00356. The van der Waals surface area contributed by atoms with Crippen molar-refractivity contribution in [3.05, 3.63) is 130 Å². The number of carboxylic acids is 3. The Hall–Kier alpha value is -12.1. The number of amides is 1. The van der Waals surface area contributed by atoms with Crippen LogP contribution in [0.3, 0.4) is 0 Å². The number of aromatic carboxylic acids is 2. The Bertz CT molecular complexity index is 4420. The molecule has 0 spiro atoms. The number of aliphatic carboxylic acids is 1. The normalized spacial score (nSPS) is 12.6. The molecule has 40 nitrogen and oxygen atoms in total. The number of carbonyl (C=O) groups is 10. The molecule has 119 heavy (non-hydrogen) atoms. The number of carbonyl (C=O) groups excluding carboxylic acids is 7. The summed E-state index contributed by atoms with van der Waals surface area (Å²) in [7, 11) is 0. The van der Waals surface area contributed by atoms with Crippen LogP contribution < -0.4 is 25.8 Å². The number of rotatable bonds is 25. The number of hydrogen-bond acceptors (Lipinski definition) is 35. The Labute approximate surface area is 706 Å². The van der Waals surface area contributed by atoms with Gasteiger partial charge in [-0.3, -0.25) is 14.8 Å². The van der Waals surface area contributed by atoms with Crippen molar-refractivity contribution in [1.29, 1.82) is 0 Å². The minimum Gasteiger partial charge on any atom is -0.476 e. The fourth-order valence-electron chi connectivity index (χ4n) is 9.66. The zero-order chi connectivity index (χ0) is 88.1. The molecule has 1 aromatic carbocycles. The molecule has 0 radical (unpaired) electrons. The fraction of sp³-hybridized carbons (Fsp3) is 0.474. The molecule has 43 heteroatoms. The van der Waals surface area contributed by atoms with Gasteiger partial charge in [-0.2, -0.15) is 5.10 Å². The molecule has 0 saturated carbocycles. The van der Waals surface area contributed by atoms with E-state index in [0.29, 0.717) is 43.1 Å². The number of carboxylic acid groups (broad SMARTS) is 3. The lowest BCUT2D eigenvalue weighted by Gasteiger charge is -2.25. The van der Waals surface area contributed by atoms with E-state index in [0.717, 1.165) is 100 Å². The third-order valence-electron chi connectivity index (χ3n) is 15.0. The number of piperidine rings is 3. The van der Waals surface area contributed by atoms with Crippen molar-refractivity contribution in [1.82, 2.24) is 40.7 Å². The summed E-state index contributed by atoms with van der Waals surface area (Å²) in [5, 5.41) is 64.5. The molecule has 3 aliphatic heterocycles. The second kappa shape index (κ2) is 57.0. The van der Waals surface area contributed by atoms with Gasteiger partial charge in [-0.25, -0.2) is 43.2 Å². The number of halogens is 3. The van der Waals surface area contributed by atoms with Crippen molar-refractivity contribution in [3.8, 4) is 12.3 Å². The number of benzene rings is 1. The number of esters is 5. The zero-order valence-corrected chi connectivity index (χ0v) is 71.0. The number of nitrogen functional groups attached to an aromatic ring is 1. The van der Waals surface area contributed by atoms with E-state index in [1.54, 1.807) is 73.7 Å². The molecule has 7 aromatic heterocycles. The number of ketones is 1. The van der Waals surface area contributed by atoms with E-state index >= 15 is 0 Å². The summed E-state index contributed by atoms with van der Waals surface area (Å²) >= 11 is 11.7. The van der Waals surface area contributed by atoms with Gasteiger partial charge in [0.1, 0.15) is 5.60 Å². The third kappa shape index (κ3) is 41.0. The topological polar surface area (TPSA) is 541 Å². The van der Waals surface area contributed by atoms with Crippen LogP contribution in [-0.4, -0.2) is 215 Å². The first-order chi connectivity index (χ1) is 57.0. The van der Waals surface area contributed by atoms with Gasteiger partial charge in [-0.05, 0) is 137 Å². The van der Waals surface area contributed by atoms with Crippen LogP contribution in [0.25, 0.3) is 0 Å². The molecule has 0 atom stereocenters. The molecule has 1 amide bonds. The van der Waals surface area contributed by atoms with Crippen LogP contribution in [0.4, 0.5) is 34.2 Å². The SMILES string of the molecule is BrCCCCCBr.C#CC(=O)O.CCOC(=O)/C(Cl)=N/O.CCOC(=O)c1cc(C(=O)O)on1.CCOC(=O)c1cc(N)on1.CCOC(=O)c1cc(N2CCCCC2)on1.CCOC(=O)c1cc(NC(=O)OC(C)(C)C)on1.O=C(Cc1cnn(Cc2ccccc2)c1)c1cc(N2CCCCC2)on1.O=C(O)c1cc(N2CCCCC2)on1. The first kappa shape index (κ1) is 101.